The number of nitrogen functional groups attached to an aromatic ring is 1. The molecule has 0 spiro atoms. The Morgan fingerprint density at radius 3 is 3.00 bits per heavy atom. The van der Waals surface area contributed by atoms with E-state index in [1.54, 1.807) is 11.8 Å². The third kappa shape index (κ3) is 2.41. The second-order valence-corrected chi connectivity index (χ2v) is 5.28. The van der Waals surface area contributed by atoms with E-state index in [4.69, 9.17) is 5.73 Å². The zero-order valence-electron chi connectivity index (χ0n) is 8.36. The van der Waals surface area contributed by atoms with Gasteiger partial charge in [-0.15, -0.1) is 5.10 Å². The average Bonchev–Trinajstić information content (AvgIpc) is 2.51. The number of aromatic amines is 1. The monoisotopic (exact) mass is 212 g/mol. The highest BCUT2D eigenvalue weighted by atomic mass is 32.2. The molecule has 0 bridgehead atoms. The molecule has 2 atom stereocenters. The molecule has 1 fully saturated rings. The minimum atomic E-state index is 0.413. The van der Waals surface area contributed by atoms with Crippen LogP contribution in [0.15, 0.2) is 5.16 Å². The lowest BCUT2D eigenvalue weighted by molar-refractivity contribution is 0.394. The van der Waals surface area contributed by atoms with Crippen LogP contribution in [0.25, 0.3) is 0 Å². The Hall–Kier alpha value is -0.710. The minimum absolute atomic E-state index is 0.413. The van der Waals surface area contributed by atoms with E-state index in [2.05, 4.69) is 22.1 Å². The van der Waals surface area contributed by atoms with Gasteiger partial charge in [-0.1, -0.05) is 31.5 Å². The van der Waals surface area contributed by atoms with Gasteiger partial charge in [-0.2, -0.15) is 4.98 Å². The van der Waals surface area contributed by atoms with Crippen molar-refractivity contribution in [2.75, 3.05) is 5.73 Å². The van der Waals surface area contributed by atoms with Crippen LogP contribution in [-0.4, -0.2) is 20.4 Å². The summed E-state index contributed by atoms with van der Waals surface area (Å²) in [6.45, 7) is 2.32. The SMILES string of the molecule is CC1CCCC(Sc2n[nH]c(N)n2)C1. The lowest BCUT2D eigenvalue weighted by Crippen LogP contribution is -2.15. The van der Waals surface area contributed by atoms with Crippen molar-refractivity contribution in [3.05, 3.63) is 0 Å². The first kappa shape index (κ1) is 9.83. The molecule has 2 rings (SSSR count). The number of nitrogens with zero attached hydrogens (tertiary/aromatic N) is 2. The number of anilines is 1. The second kappa shape index (κ2) is 4.21. The molecule has 3 N–H and O–H groups in total. The third-order valence-corrected chi connectivity index (χ3v) is 3.80. The van der Waals surface area contributed by atoms with Crippen molar-refractivity contribution in [1.82, 2.24) is 15.2 Å². The summed E-state index contributed by atoms with van der Waals surface area (Å²) in [5, 5.41) is 8.17. The predicted octanol–water partition coefficient (Wildman–Crippen LogP) is 2.06. The van der Waals surface area contributed by atoms with Gasteiger partial charge in [0.15, 0.2) is 0 Å². The number of hydrogen-bond acceptors (Lipinski definition) is 4. The van der Waals surface area contributed by atoms with E-state index < -0.39 is 0 Å². The molecule has 1 aliphatic carbocycles. The van der Waals surface area contributed by atoms with Gasteiger partial charge < -0.3 is 5.73 Å². The first-order valence-electron chi connectivity index (χ1n) is 5.08. The minimum Gasteiger partial charge on any atom is -0.368 e. The summed E-state index contributed by atoms with van der Waals surface area (Å²) in [5.74, 6) is 1.26. The molecule has 0 aliphatic heterocycles. The van der Waals surface area contributed by atoms with Gasteiger partial charge in [-0.3, -0.25) is 0 Å². The summed E-state index contributed by atoms with van der Waals surface area (Å²) in [6.07, 6.45) is 5.26. The first-order chi connectivity index (χ1) is 6.74. The number of nitrogens with one attached hydrogen (secondary N) is 1. The Kier molecular flexibility index (Phi) is 2.96. The van der Waals surface area contributed by atoms with E-state index in [0.717, 1.165) is 11.1 Å². The fourth-order valence-corrected chi connectivity index (χ4v) is 3.20. The Labute approximate surface area is 88.1 Å². The Morgan fingerprint density at radius 1 is 1.50 bits per heavy atom. The van der Waals surface area contributed by atoms with Crippen molar-refractivity contribution in [3.63, 3.8) is 0 Å². The Bertz CT molecular complexity index is 299. The summed E-state index contributed by atoms with van der Waals surface area (Å²) in [4.78, 5) is 4.10. The largest absolute Gasteiger partial charge is 0.368 e. The molecule has 1 saturated carbocycles. The van der Waals surface area contributed by atoms with Gasteiger partial charge in [0, 0.05) is 5.25 Å². The van der Waals surface area contributed by atoms with Gasteiger partial charge >= 0.3 is 0 Å². The molecule has 1 heterocycles. The number of thioether (sulfide) groups is 1. The highest BCUT2D eigenvalue weighted by Crippen LogP contribution is 2.34. The van der Waals surface area contributed by atoms with Crippen LogP contribution in [0.5, 0.6) is 0 Å². The van der Waals surface area contributed by atoms with E-state index in [0.29, 0.717) is 11.2 Å². The maximum atomic E-state index is 5.47. The zero-order chi connectivity index (χ0) is 9.97. The zero-order valence-corrected chi connectivity index (χ0v) is 9.18. The fraction of sp³-hybridized carbons (Fsp3) is 0.778. The molecule has 2 unspecified atom stereocenters. The van der Waals surface area contributed by atoms with Crippen LogP contribution in [0, 0.1) is 5.92 Å². The average molecular weight is 212 g/mol. The van der Waals surface area contributed by atoms with Crippen molar-refractivity contribution in [2.45, 2.75) is 43.0 Å². The molecule has 1 aromatic heterocycles. The van der Waals surface area contributed by atoms with Gasteiger partial charge in [0.05, 0.1) is 0 Å². The molecule has 4 nitrogen and oxygen atoms in total. The maximum Gasteiger partial charge on any atom is 0.216 e. The molecular weight excluding hydrogens is 196 g/mol. The first-order valence-corrected chi connectivity index (χ1v) is 5.96. The summed E-state index contributed by atoms with van der Waals surface area (Å²) in [7, 11) is 0. The van der Waals surface area contributed by atoms with Crippen LogP contribution in [0.1, 0.15) is 32.6 Å². The quantitative estimate of drug-likeness (QED) is 0.787. The normalized spacial score (nSPS) is 27.8. The standard InChI is InChI=1S/C9H16N4S/c1-6-3-2-4-7(5-6)14-9-11-8(10)12-13-9/h6-7H,2-5H2,1H3,(H3,10,11,12,13). The van der Waals surface area contributed by atoms with Crippen LogP contribution in [-0.2, 0) is 0 Å². The highest BCUT2D eigenvalue weighted by molar-refractivity contribution is 7.99. The molecule has 0 amide bonds. The molecule has 78 valence electrons. The molecular formula is C9H16N4S. The van der Waals surface area contributed by atoms with Crippen molar-refractivity contribution in [3.8, 4) is 0 Å². The fourth-order valence-electron chi connectivity index (χ4n) is 1.95. The van der Waals surface area contributed by atoms with Gasteiger partial charge in [0.2, 0.25) is 11.1 Å². The maximum absolute atomic E-state index is 5.47. The topological polar surface area (TPSA) is 67.6 Å². The van der Waals surface area contributed by atoms with Crippen molar-refractivity contribution < 1.29 is 0 Å². The summed E-state index contributed by atoms with van der Waals surface area (Å²) in [6, 6.07) is 0. The number of aromatic nitrogens is 3. The van der Waals surface area contributed by atoms with Crippen LogP contribution >= 0.6 is 11.8 Å². The molecule has 0 aromatic carbocycles. The van der Waals surface area contributed by atoms with Crippen LogP contribution < -0.4 is 5.73 Å². The second-order valence-electron chi connectivity index (χ2n) is 4.01. The van der Waals surface area contributed by atoms with Gasteiger partial charge in [-0.05, 0) is 18.8 Å². The predicted molar refractivity (Wildman–Crippen MR) is 58.1 cm³/mol. The number of hydrogen-bond donors (Lipinski definition) is 2. The smallest absolute Gasteiger partial charge is 0.216 e. The lowest BCUT2D eigenvalue weighted by Gasteiger charge is -2.24. The number of nitrogens with two attached hydrogens (primary N) is 1. The van der Waals surface area contributed by atoms with E-state index in [9.17, 15) is 0 Å². The summed E-state index contributed by atoms with van der Waals surface area (Å²) < 4.78 is 0. The lowest BCUT2D eigenvalue weighted by atomic mass is 9.91. The van der Waals surface area contributed by atoms with E-state index >= 15 is 0 Å². The Balaban J connectivity index is 1.90. The molecule has 0 radical (unpaired) electrons. The van der Waals surface area contributed by atoms with Crippen LogP contribution in [0.4, 0.5) is 5.95 Å². The number of rotatable bonds is 2. The molecule has 1 aromatic rings. The molecule has 14 heavy (non-hydrogen) atoms. The molecule has 1 aliphatic rings. The van der Waals surface area contributed by atoms with Crippen LogP contribution in [0.3, 0.4) is 0 Å². The third-order valence-electron chi connectivity index (χ3n) is 2.64. The highest BCUT2D eigenvalue weighted by Gasteiger charge is 2.21. The van der Waals surface area contributed by atoms with E-state index in [1.807, 2.05) is 0 Å². The van der Waals surface area contributed by atoms with Crippen molar-refractivity contribution in [1.29, 1.82) is 0 Å². The summed E-state index contributed by atoms with van der Waals surface area (Å²) in [5.41, 5.74) is 5.47. The molecule has 0 saturated heterocycles. The number of H-pyrrole nitrogens is 1. The van der Waals surface area contributed by atoms with Gasteiger partial charge in [-0.25, -0.2) is 5.10 Å². The van der Waals surface area contributed by atoms with Crippen molar-refractivity contribution in [2.24, 2.45) is 5.92 Å². The van der Waals surface area contributed by atoms with Gasteiger partial charge in [0.25, 0.3) is 0 Å². The molecule has 5 heteroatoms. The van der Waals surface area contributed by atoms with Gasteiger partial charge in [0.1, 0.15) is 0 Å². The van der Waals surface area contributed by atoms with E-state index in [-0.39, 0.29) is 0 Å². The van der Waals surface area contributed by atoms with Crippen LogP contribution in [0.2, 0.25) is 0 Å². The Morgan fingerprint density at radius 2 is 2.36 bits per heavy atom. The van der Waals surface area contributed by atoms with E-state index in [1.165, 1.54) is 25.7 Å². The summed E-state index contributed by atoms with van der Waals surface area (Å²) >= 11 is 1.76. The van der Waals surface area contributed by atoms with Crippen molar-refractivity contribution >= 4 is 17.7 Å².